The molecule has 1 aromatic carbocycles. The van der Waals surface area contributed by atoms with Crippen LogP contribution in [0.25, 0.3) is 0 Å². The van der Waals surface area contributed by atoms with E-state index in [0.717, 1.165) is 19.0 Å². The minimum Gasteiger partial charge on any atom is -0.312 e. The predicted octanol–water partition coefficient (Wildman–Crippen LogP) is 2.87. The van der Waals surface area contributed by atoms with E-state index in [1.165, 1.54) is 12.1 Å². The minimum atomic E-state index is -0.487. The molecule has 0 aromatic heterocycles. The Kier molecular flexibility index (Phi) is 5.03. The van der Waals surface area contributed by atoms with Crippen molar-refractivity contribution in [1.29, 1.82) is 0 Å². The van der Waals surface area contributed by atoms with Crippen LogP contribution in [0.4, 0.5) is 10.1 Å². The van der Waals surface area contributed by atoms with Gasteiger partial charge >= 0.3 is 0 Å². The van der Waals surface area contributed by atoms with Gasteiger partial charge in [-0.3, -0.25) is 10.1 Å². The zero-order valence-corrected chi connectivity index (χ0v) is 10.1. The first-order chi connectivity index (χ1) is 8.00. The summed E-state index contributed by atoms with van der Waals surface area (Å²) in [4.78, 5) is 10.2. The van der Waals surface area contributed by atoms with Crippen molar-refractivity contribution in [2.75, 3.05) is 6.54 Å². The number of nitrogens with one attached hydrogen (secondary N) is 1. The molecule has 0 radical (unpaired) electrons. The lowest BCUT2D eigenvalue weighted by atomic mass is 10.1. The summed E-state index contributed by atoms with van der Waals surface area (Å²) in [5, 5.41) is 13.8. The van der Waals surface area contributed by atoms with Crippen molar-refractivity contribution in [1.82, 2.24) is 5.32 Å². The van der Waals surface area contributed by atoms with Crippen LogP contribution >= 0.6 is 0 Å². The van der Waals surface area contributed by atoms with Crippen LogP contribution in [0.2, 0.25) is 0 Å². The van der Waals surface area contributed by atoms with Crippen LogP contribution in [0.5, 0.6) is 0 Å². The zero-order valence-electron chi connectivity index (χ0n) is 10.1. The second-order valence-electron chi connectivity index (χ2n) is 4.39. The van der Waals surface area contributed by atoms with Crippen molar-refractivity contribution in [3.8, 4) is 0 Å². The van der Waals surface area contributed by atoms with Gasteiger partial charge in [0.05, 0.1) is 4.92 Å². The summed E-state index contributed by atoms with van der Waals surface area (Å²) in [6, 6.07) is 3.52. The van der Waals surface area contributed by atoms with E-state index >= 15 is 0 Å². The van der Waals surface area contributed by atoms with Crippen molar-refractivity contribution < 1.29 is 9.31 Å². The quantitative estimate of drug-likeness (QED) is 0.472. The number of benzene rings is 1. The molecule has 0 atom stereocenters. The normalized spacial score (nSPS) is 10.8. The Balaban J connectivity index is 2.62. The van der Waals surface area contributed by atoms with Gasteiger partial charge in [-0.25, -0.2) is 4.39 Å². The van der Waals surface area contributed by atoms with Gasteiger partial charge < -0.3 is 5.32 Å². The minimum absolute atomic E-state index is 0.0385. The Morgan fingerprint density at radius 2 is 2.18 bits per heavy atom. The maximum absolute atomic E-state index is 13.0. The van der Waals surface area contributed by atoms with Gasteiger partial charge in [-0.05, 0) is 31.0 Å². The van der Waals surface area contributed by atoms with Gasteiger partial charge in [0.2, 0.25) is 0 Å². The van der Waals surface area contributed by atoms with Gasteiger partial charge in [-0.2, -0.15) is 0 Å². The van der Waals surface area contributed by atoms with Crippen LogP contribution < -0.4 is 5.32 Å². The molecule has 0 aliphatic heterocycles. The van der Waals surface area contributed by atoms with Gasteiger partial charge in [0, 0.05) is 18.2 Å². The lowest BCUT2D eigenvalue weighted by Gasteiger charge is -2.07. The van der Waals surface area contributed by atoms with Gasteiger partial charge in [-0.1, -0.05) is 13.8 Å². The monoisotopic (exact) mass is 240 g/mol. The van der Waals surface area contributed by atoms with E-state index in [-0.39, 0.29) is 5.69 Å². The summed E-state index contributed by atoms with van der Waals surface area (Å²) in [6.07, 6.45) is 0.989. The number of hydrogen-bond donors (Lipinski definition) is 1. The summed E-state index contributed by atoms with van der Waals surface area (Å²) in [5.74, 6) is 0.126. The summed E-state index contributed by atoms with van der Waals surface area (Å²) >= 11 is 0. The van der Waals surface area contributed by atoms with Crippen LogP contribution in [0.1, 0.15) is 25.8 Å². The van der Waals surface area contributed by atoms with Crippen molar-refractivity contribution in [3.63, 3.8) is 0 Å². The first kappa shape index (κ1) is 13.6. The third-order valence-electron chi connectivity index (χ3n) is 2.45. The Hall–Kier alpha value is -1.49. The molecule has 0 fully saturated rings. The molecule has 5 heteroatoms. The highest BCUT2D eigenvalue weighted by Crippen LogP contribution is 2.19. The number of rotatable bonds is 6. The molecular formula is C12H17FN2O2. The van der Waals surface area contributed by atoms with Crippen molar-refractivity contribution in [2.45, 2.75) is 26.8 Å². The lowest BCUT2D eigenvalue weighted by Crippen LogP contribution is -2.17. The smallest absolute Gasteiger partial charge is 0.274 e. The van der Waals surface area contributed by atoms with Crippen molar-refractivity contribution >= 4 is 5.69 Å². The molecule has 0 saturated heterocycles. The van der Waals surface area contributed by atoms with E-state index in [2.05, 4.69) is 19.2 Å². The molecule has 0 aliphatic carbocycles. The lowest BCUT2D eigenvalue weighted by molar-refractivity contribution is -0.385. The van der Waals surface area contributed by atoms with Crippen molar-refractivity contribution in [3.05, 3.63) is 39.7 Å². The highest BCUT2D eigenvalue weighted by Gasteiger charge is 2.13. The van der Waals surface area contributed by atoms with E-state index in [1.54, 1.807) is 0 Å². The second-order valence-corrected chi connectivity index (χ2v) is 4.39. The van der Waals surface area contributed by atoms with E-state index in [1.807, 2.05) is 0 Å². The molecule has 1 N–H and O–H groups in total. The average molecular weight is 240 g/mol. The van der Waals surface area contributed by atoms with E-state index in [4.69, 9.17) is 0 Å². The number of nitro groups is 1. The Morgan fingerprint density at radius 1 is 1.47 bits per heavy atom. The molecule has 1 rings (SSSR count). The average Bonchev–Trinajstić information content (AvgIpc) is 2.23. The molecule has 0 unspecified atom stereocenters. The molecule has 0 amide bonds. The second kappa shape index (κ2) is 6.30. The maximum Gasteiger partial charge on any atom is 0.274 e. The van der Waals surface area contributed by atoms with E-state index < -0.39 is 10.7 Å². The molecular weight excluding hydrogens is 223 g/mol. The molecule has 1 aromatic rings. The molecule has 0 aliphatic rings. The Labute approximate surface area is 100.0 Å². The summed E-state index contributed by atoms with van der Waals surface area (Å²) in [5.41, 5.74) is 0.349. The van der Waals surface area contributed by atoms with Gasteiger partial charge in [0.25, 0.3) is 5.69 Å². The fourth-order valence-electron chi connectivity index (χ4n) is 1.49. The van der Waals surface area contributed by atoms with Crippen LogP contribution in [-0.4, -0.2) is 11.5 Å². The first-order valence-corrected chi connectivity index (χ1v) is 5.64. The van der Waals surface area contributed by atoms with Crippen LogP contribution in [0.15, 0.2) is 18.2 Å². The first-order valence-electron chi connectivity index (χ1n) is 5.64. The summed E-state index contributed by atoms with van der Waals surface area (Å²) < 4.78 is 13.0. The third kappa shape index (κ3) is 4.48. The van der Waals surface area contributed by atoms with Crippen molar-refractivity contribution in [2.24, 2.45) is 5.92 Å². The van der Waals surface area contributed by atoms with Crippen LogP contribution in [0.3, 0.4) is 0 Å². The van der Waals surface area contributed by atoms with E-state index in [9.17, 15) is 14.5 Å². The SMILES string of the molecule is CC(C)CCNCc1cc(F)ccc1[N+](=O)[O-]. The highest BCUT2D eigenvalue weighted by molar-refractivity contribution is 5.40. The van der Waals surface area contributed by atoms with Gasteiger partial charge in [0.15, 0.2) is 0 Å². The Bertz CT molecular complexity index is 394. The molecule has 0 heterocycles. The number of hydrogen-bond acceptors (Lipinski definition) is 3. The molecule has 94 valence electrons. The largest absolute Gasteiger partial charge is 0.312 e. The van der Waals surface area contributed by atoms with E-state index in [0.29, 0.717) is 18.0 Å². The molecule has 0 saturated carbocycles. The summed E-state index contributed by atoms with van der Waals surface area (Å²) in [7, 11) is 0. The highest BCUT2D eigenvalue weighted by atomic mass is 19.1. The number of halogens is 1. The fraction of sp³-hybridized carbons (Fsp3) is 0.500. The number of nitrogens with zero attached hydrogens (tertiary/aromatic N) is 1. The third-order valence-corrected chi connectivity index (χ3v) is 2.45. The van der Waals surface area contributed by atoms with Gasteiger partial charge in [-0.15, -0.1) is 0 Å². The predicted molar refractivity (Wildman–Crippen MR) is 64.2 cm³/mol. The topological polar surface area (TPSA) is 55.2 Å². The molecule has 4 nitrogen and oxygen atoms in total. The van der Waals surface area contributed by atoms with Crippen LogP contribution in [0, 0.1) is 21.8 Å². The fourth-order valence-corrected chi connectivity index (χ4v) is 1.49. The van der Waals surface area contributed by atoms with Gasteiger partial charge in [0.1, 0.15) is 5.82 Å². The molecule has 17 heavy (non-hydrogen) atoms. The van der Waals surface area contributed by atoms with Crippen LogP contribution in [-0.2, 0) is 6.54 Å². The number of nitro benzene ring substituents is 1. The molecule has 0 bridgehead atoms. The molecule has 0 spiro atoms. The zero-order chi connectivity index (χ0) is 12.8. The maximum atomic E-state index is 13.0. The summed E-state index contributed by atoms with van der Waals surface area (Å²) in [6.45, 7) is 5.30. The Morgan fingerprint density at radius 3 is 2.76 bits per heavy atom. The standard InChI is InChI=1S/C12H17FN2O2/c1-9(2)5-6-14-8-10-7-11(13)3-4-12(10)15(16)17/h3-4,7,9,14H,5-6,8H2,1-2H3.